The number of nitrogens with zero attached hydrogens (tertiary/aromatic N) is 1. The Bertz CT molecular complexity index is 1010. The molecule has 0 unspecified atom stereocenters. The summed E-state index contributed by atoms with van der Waals surface area (Å²) >= 11 is 0. The standard InChI is InChI=1S/C21H20FNO4/c22-16-9-7-15(8-10-16)21(11-3-12-21)19(24)26-14-4-13-23-17-5-1-2-6-18(17)27-20(23)25/h1-2,5-10H,3-4,11-14H2. The van der Waals surface area contributed by atoms with Crippen LogP contribution in [-0.4, -0.2) is 17.1 Å². The monoisotopic (exact) mass is 369 g/mol. The van der Waals surface area contributed by atoms with Gasteiger partial charge in [0.1, 0.15) is 5.82 Å². The van der Waals surface area contributed by atoms with Gasteiger partial charge >= 0.3 is 11.7 Å². The largest absolute Gasteiger partial charge is 0.465 e. The van der Waals surface area contributed by atoms with Gasteiger partial charge < -0.3 is 9.15 Å². The lowest BCUT2D eigenvalue weighted by Crippen LogP contribution is -2.43. The van der Waals surface area contributed by atoms with E-state index in [2.05, 4.69) is 0 Å². The van der Waals surface area contributed by atoms with Crippen molar-refractivity contribution in [1.29, 1.82) is 0 Å². The number of rotatable bonds is 6. The highest BCUT2D eigenvalue weighted by molar-refractivity contribution is 5.84. The van der Waals surface area contributed by atoms with Crippen LogP contribution >= 0.6 is 0 Å². The van der Waals surface area contributed by atoms with Crippen LogP contribution in [0.15, 0.2) is 57.7 Å². The quantitative estimate of drug-likeness (QED) is 0.490. The van der Waals surface area contributed by atoms with E-state index in [1.165, 1.54) is 12.1 Å². The molecule has 140 valence electrons. The number of para-hydroxylation sites is 2. The molecule has 0 bridgehead atoms. The van der Waals surface area contributed by atoms with Gasteiger partial charge in [-0.3, -0.25) is 9.36 Å². The first-order chi connectivity index (χ1) is 13.1. The molecule has 6 heteroatoms. The summed E-state index contributed by atoms with van der Waals surface area (Å²) in [4.78, 5) is 24.6. The van der Waals surface area contributed by atoms with Crippen molar-refractivity contribution in [2.75, 3.05) is 6.61 Å². The van der Waals surface area contributed by atoms with Crippen LogP contribution in [0, 0.1) is 5.82 Å². The molecule has 27 heavy (non-hydrogen) atoms. The average Bonchev–Trinajstić information content (AvgIpc) is 2.95. The predicted molar refractivity (Wildman–Crippen MR) is 98.0 cm³/mol. The molecular weight excluding hydrogens is 349 g/mol. The van der Waals surface area contributed by atoms with Crippen LogP contribution in [0.25, 0.3) is 11.1 Å². The molecule has 1 saturated carbocycles. The third-order valence-electron chi connectivity index (χ3n) is 5.33. The van der Waals surface area contributed by atoms with Crippen molar-refractivity contribution in [3.05, 3.63) is 70.5 Å². The molecule has 3 aromatic rings. The van der Waals surface area contributed by atoms with Crippen molar-refractivity contribution >= 4 is 17.1 Å². The Kier molecular flexibility index (Phi) is 4.56. The zero-order valence-corrected chi connectivity index (χ0v) is 14.8. The summed E-state index contributed by atoms with van der Waals surface area (Å²) in [6.45, 7) is 0.625. The Morgan fingerprint density at radius 1 is 1.15 bits per heavy atom. The number of halogens is 1. The highest BCUT2D eigenvalue weighted by atomic mass is 19.1. The molecule has 1 aliphatic rings. The maximum Gasteiger partial charge on any atom is 0.419 e. The number of aryl methyl sites for hydroxylation is 1. The molecule has 0 aliphatic heterocycles. The number of carbonyl (C=O) groups excluding carboxylic acids is 1. The van der Waals surface area contributed by atoms with Crippen molar-refractivity contribution in [2.24, 2.45) is 0 Å². The van der Waals surface area contributed by atoms with Gasteiger partial charge in [0, 0.05) is 6.54 Å². The minimum Gasteiger partial charge on any atom is -0.465 e. The van der Waals surface area contributed by atoms with Crippen LogP contribution < -0.4 is 5.76 Å². The van der Waals surface area contributed by atoms with Gasteiger partial charge in [-0.2, -0.15) is 0 Å². The SMILES string of the molecule is O=C(OCCCn1c(=O)oc2ccccc21)C1(c2ccc(F)cc2)CCC1. The van der Waals surface area contributed by atoms with E-state index in [0.29, 0.717) is 31.4 Å². The molecule has 5 nitrogen and oxygen atoms in total. The smallest absolute Gasteiger partial charge is 0.419 e. The number of benzene rings is 2. The third kappa shape index (κ3) is 3.16. The first-order valence-electron chi connectivity index (χ1n) is 9.12. The molecule has 1 aromatic heterocycles. The molecule has 1 heterocycles. The second kappa shape index (κ2) is 7.02. The fourth-order valence-electron chi connectivity index (χ4n) is 3.66. The van der Waals surface area contributed by atoms with Crippen LogP contribution in [0.4, 0.5) is 4.39 Å². The fourth-order valence-corrected chi connectivity index (χ4v) is 3.66. The molecule has 0 saturated heterocycles. The molecule has 0 amide bonds. The topological polar surface area (TPSA) is 61.4 Å². The molecule has 0 radical (unpaired) electrons. The Hall–Kier alpha value is -2.89. The van der Waals surface area contributed by atoms with Gasteiger partial charge in [-0.15, -0.1) is 0 Å². The molecule has 1 fully saturated rings. The minimum atomic E-state index is -0.660. The van der Waals surface area contributed by atoms with E-state index in [9.17, 15) is 14.0 Å². The Labute approximate surface area is 155 Å². The maximum atomic E-state index is 13.2. The summed E-state index contributed by atoms with van der Waals surface area (Å²) in [5.41, 5.74) is 1.42. The van der Waals surface area contributed by atoms with Crippen molar-refractivity contribution in [1.82, 2.24) is 4.57 Å². The number of fused-ring (bicyclic) bond motifs is 1. The third-order valence-corrected chi connectivity index (χ3v) is 5.33. The molecular formula is C21H20FNO4. The number of esters is 1. The van der Waals surface area contributed by atoms with Gasteiger partial charge in [-0.25, -0.2) is 9.18 Å². The van der Waals surface area contributed by atoms with E-state index in [-0.39, 0.29) is 18.4 Å². The normalized spacial score (nSPS) is 15.4. The fraction of sp³-hybridized carbons (Fsp3) is 0.333. The highest BCUT2D eigenvalue weighted by Crippen LogP contribution is 2.44. The number of hydrogen-bond acceptors (Lipinski definition) is 4. The maximum absolute atomic E-state index is 13.2. The first-order valence-corrected chi connectivity index (χ1v) is 9.12. The lowest BCUT2D eigenvalue weighted by molar-refractivity contribution is -0.154. The molecule has 0 atom stereocenters. The Morgan fingerprint density at radius 2 is 1.89 bits per heavy atom. The Morgan fingerprint density at radius 3 is 2.59 bits per heavy atom. The van der Waals surface area contributed by atoms with Crippen molar-refractivity contribution in [2.45, 2.75) is 37.6 Å². The lowest BCUT2D eigenvalue weighted by atomic mass is 9.64. The van der Waals surface area contributed by atoms with Crippen molar-refractivity contribution in [3.8, 4) is 0 Å². The average molecular weight is 369 g/mol. The minimum absolute atomic E-state index is 0.216. The van der Waals surface area contributed by atoms with Crippen LogP contribution in [0.5, 0.6) is 0 Å². The zero-order valence-electron chi connectivity index (χ0n) is 14.8. The summed E-state index contributed by atoms with van der Waals surface area (Å²) < 4.78 is 25.4. The van der Waals surface area contributed by atoms with Gasteiger partial charge in [0.15, 0.2) is 5.58 Å². The molecule has 4 rings (SSSR count). The van der Waals surface area contributed by atoms with E-state index in [4.69, 9.17) is 9.15 Å². The van der Waals surface area contributed by atoms with Crippen LogP contribution in [0.3, 0.4) is 0 Å². The predicted octanol–water partition coefficient (Wildman–Crippen LogP) is 3.79. The lowest BCUT2D eigenvalue weighted by Gasteiger charge is -2.39. The summed E-state index contributed by atoms with van der Waals surface area (Å²) in [7, 11) is 0. The van der Waals surface area contributed by atoms with E-state index >= 15 is 0 Å². The van der Waals surface area contributed by atoms with Gasteiger partial charge in [-0.05, 0) is 49.1 Å². The van der Waals surface area contributed by atoms with Gasteiger partial charge in [0.25, 0.3) is 0 Å². The van der Waals surface area contributed by atoms with Gasteiger partial charge in [0.2, 0.25) is 0 Å². The first kappa shape index (κ1) is 17.5. The number of carbonyl (C=O) groups is 1. The van der Waals surface area contributed by atoms with Crippen LogP contribution in [0.2, 0.25) is 0 Å². The Balaban J connectivity index is 1.38. The van der Waals surface area contributed by atoms with Crippen LogP contribution in [-0.2, 0) is 21.5 Å². The number of hydrogen-bond donors (Lipinski definition) is 0. The van der Waals surface area contributed by atoms with Crippen LogP contribution in [0.1, 0.15) is 31.2 Å². The summed E-state index contributed by atoms with van der Waals surface area (Å²) in [5.74, 6) is -1.01. The molecule has 0 spiro atoms. The highest BCUT2D eigenvalue weighted by Gasteiger charge is 2.47. The molecule has 1 aliphatic carbocycles. The molecule has 0 N–H and O–H groups in total. The van der Waals surface area contributed by atoms with E-state index in [1.807, 2.05) is 18.2 Å². The number of aromatic nitrogens is 1. The summed E-state index contributed by atoms with van der Waals surface area (Å²) in [6, 6.07) is 13.3. The van der Waals surface area contributed by atoms with Gasteiger partial charge in [-0.1, -0.05) is 30.7 Å². The number of oxazole rings is 1. The second-order valence-corrected chi connectivity index (χ2v) is 6.92. The van der Waals surface area contributed by atoms with Crippen molar-refractivity contribution < 1.29 is 18.3 Å². The van der Waals surface area contributed by atoms with E-state index in [0.717, 1.165) is 17.5 Å². The van der Waals surface area contributed by atoms with Gasteiger partial charge in [0.05, 0.1) is 17.5 Å². The van der Waals surface area contributed by atoms with E-state index < -0.39 is 11.2 Å². The zero-order chi connectivity index (χ0) is 18.9. The summed E-state index contributed by atoms with van der Waals surface area (Å²) in [5, 5.41) is 0. The summed E-state index contributed by atoms with van der Waals surface area (Å²) in [6.07, 6.45) is 2.88. The van der Waals surface area contributed by atoms with Crippen molar-refractivity contribution in [3.63, 3.8) is 0 Å². The number of ether oxygens (including phenoxy) is 1. The second-order valence-electron chi connectivity index (χ2n) is 6.92. The van der Waals surface area contributed by atoms with E-state index in [1.54, 1.807) is 22.8 Å². The molecule has 2 aromatic carbocycles.